The quantitative estimate of drug-likeness (QED) is 0.359. The third-order valence-electron chi connectivity index (χ3n) is 1.99. The van der Waals surface area contributed by atoms with E-state index in [4.69, 9.17) is 15.3 Å². The first-order valence-electron chi connectivity index (χ1n) is 6.51. The van der Waals surface area contributed by atoms with E-state index in [1.54, 1.807) is 0 Å². The minimum atomic E-state index is -1.96. The first-order chi connectivity index (χ1) is 11.7. The predicted molar refractivity (Wildman–Crippen MR) is 80.8 cm³/mol. The molecular formula is C10H17BN10O3. The molecule has 13 nitrogen and oxygen atoms in total. The third kappa shape index (κ3) is 15.1. The van der Waals surface area contributed by atoms with E-state index in [2.05, 4.69) is 82.2 Å². The molecule has 4 N–H and O–H groups in total. The van der Waals surface area contributed by atoms with Gasteiger partial charge in [-0.3, -0.25) is 0 Å². The van der Waals surface area contributed by atoms with Crippen LogP contribution in [0.4, 0.5) is 0 Å². The van der Waals surface area contributed by atoms with Gasteiger partial charge in [-0.2, -0.15) is 15.7 Å². The molecule has 0 radical (unpaired) electrons. The zero-order valence-electron chi connectivity index (χ0n) is 12.8. The molecule has 2 aromatic rings. The minimum absolute atomic E-state index is 1.07. The summed E-state index contributed by atoms with van der Waals surface area (Å²) in [7, 11) is -1.96. The molecule has 0 aromatic carbocycles. The fraction of sp³-hybridized carbons (Fsp3) is 0.300. The molecule has 3 heterocycles. The van der Waals surface area contributed by atoms with Gasteiger partial charge in [-0.15, -0.1) is 20.4 Å². The van der Waals surface area contributed by atoms with Crippen LogP contribution in [0, 0.1) is 11.5 Å². The Labute approximate surface area is 137 Å². The summed E-state index contributed by atoms with van der Waals surface area (Å²) in [4.78, 5) is 2.25. The highest BCUT2D eigenvalue weighted by Crippen LogP contribution is 1.95. The number of nitrogens with zero attached hydrogens (tertiary/aromatic N) is 8. The number of aromatic amines is 2. The van der Waals surface area contributed by atoms with Gasteiger partial charge in [0, 0.05) is 13.1 Å². The monoisotopic (exact) mass is 336 g/mol. The molecule has 0 saturated carbocycles. The molecule has 0 atom stereocenters. The lowest BCUT2D eigenvalue weighted by molar-refractivity contribution is 0.267. The number of rotatable bonds is 2. The van der Waals surface area contributed by atoms with E-state index in [-0.39, 0.29) is 0 Å². The highest BCUT2D eigenvalue weighted by atomic mass is 16.6. The lowest BCUT2D eigenvalue weighted by atomic mass is 10.3. The molecule has 0 saturated heterocycles. The molecule has 0 bridgehead atoms. The maximum Gasteiger partial charge on any atom is 0.717 e. The molecular weight excluding hydrogens is 319 g/mol. The fourth-order valence-electron chi connectivity index (χ4n) is 1.05. The largest absolute Gasteiger partial charge is 0.717 e. The molecule has 1 aliphatic rings. The van der Waals surface area contributed by atoms with Gasteiger partial charge >= 0.3 is 7.32 Å². The van der Waals surface area contributed by atoms with E-state index in [1.807, 2.05) is 0 Å². The zero-order chi connectivity index (χ0) is 17.9. The van der Waals surface area contributed by atoms with Crippen LogP contribution in [-0.4, -0.2) is 76.6 Å². The Bertz CT molecular complexity index is 493. The van der Waals surface area contributed by atoms with Gasteiger partial charge < -0.3 is 19.6 Å². The van der Waals surface area contributed by atoms with Crippen molar-refractivity contribution in [1.29, 1.82) is 5.26 Å². The van der Waals surface area contributed by atoms with Crippen molar-refractivity contribution < 1.29 is 14.7 Å². The Balaban J connectivity index is 0.000000300. The van der Waals surface area contributed by atoms with Crippen molar-refractivity contribution in [2.45, 2.75) is 6.92 Å². The summed E-state index contributed by atoms with van der Waals surface area (Å²) in [5.74, 6) is 0. The van der Waals surface area contributed by atoms with Gasteiger partial charge in [-0.1, -0.05) is 22.6 Å². The van der Waals surface area contributed by atoms with Crippen molar-refractivity contribution in [1.82, 2.24) is 46.1 Å². The average molecular weight is 336 g/mol. The number of aromatic nitrogens is 8. The molecule has 1 aliphatic heterocycles. The number of nitriles is 1. The number of nitrogens with one attached hydrogen (secondary N) is 2. The van der Waals surface area contributed by atoms with Gasteiger partial charge in [0.1, 0.15) is 0 Å². The number of H-pyrrole nitrogens is 2. The number of likely N-dealkylation sites (N-methyl/N-ethyl adjacent to an activating group) is 1. The van der Waals surface area contributed by atoms with Crippen LogP contribution in [0.25, 0.3) is 0 Å². The lowest BCUT2D eigenvalue weighted by Gasteiger charge is -2.16. The summed E-state index contributed by atoms with van der Waals surface area (Å²) in [5.41, 5.74) is 0. The van der Waals surface area contributed by atoms with E-state index < -0.39 is 7.32 Å². The molecule has 0 aliphatic carbocycles. The van der Waals surface area contributed by atoms with Gasteiger partial charge in [0.15, 0.2) is 12.7 Å². The molecule has 128 valence electrons. The van der Waals surface area contributed by atoms with Crippen molar-refractivity contribution in [3.63, 3.8) is 0 Å². The molecule has 3 rings (SSSR count). The Hall–Kier alpha value is -3.31. The summed E-state index contributed by atoms with van der Waals surface area (Å²) in [5, 5.41) is 47.1. The van der Waals surface area contributed by atoms with Gasteiger partial charge in [0.25, 0.3) is 6.26 Å². The number of hydrogen-bond acceptors (Lipinski definition) is 11. The molecule has 0 fully saturated rings. The summed E-state index contributed by atoms with van der Waals surface area (Å²) in [6.45, 7) is 4.34. The molecule has 0 amide bonds. The SMILES string of the molecule is CCN1C=CC=CC1.N#COB(O)O.c1nn[nH]n1.c1nn[nH]n1. The van der Waals surface area contributed by atoms with Gasteiger partial charge in [-0.25, -0.2) is 0 Å². The first-order valence-corrected chi connectivity index (χ1v) is 6.51. The minimum Gasteiger partial charge on any atom is -0.442 e. The van der Waals surface area contributed by atoms with Crippen LogP contribution in [0.5, 0.6) is 0 Å². The topological polar surface area (TPSA) is 186 Å². The zero-order valence-corrected chi connectivity index (χ0v) is 12.8. The van der Waals surface area contributed by atoms with E-state index in [9.17, 15) is 0 Å². The molecule has 2 aromatic heterocycles. The van der Waals surface area contributed by atoms with Crippen LogP contribution in [0.3, 0.4) is 0 Å². The normalized spacial score (nSPS) is 10.7. The van der Waals surface area contributed by atoms with Crippen molar-refractivity contribution in [2.75, 3.05) is 13.1 Å². The maximum absolute atomic E-state index is 7.66. The third-order valence-corrected chi connectivity index (χ3v) is 1.99. The maximum atomic E-state index is 7.66. The summed E-state index contributed by atoms with van der Waals surface area (Å²) >= 11 is 0. The van der Waals surface area contributed by atoms with Crippen molar-refractivity contribution in [3.8, 4) is 6.26 Å². The Morgan fingerprint density at radius 1 is 1.21 bits per heavy atom. The second-order valence-electron chi connectivity index (χ2n) is 3.51. The Morgan fingerprint density at radius 3 is 2.00 bits per heavy atom. The van der Waals surface area contributed by atoms with Crippen molar-refractivity contribution >= 4 is 7.32 Å². The van der Waals surface area contributed by atoms with Gasteiger partial charge in [0.2, 0.25) is 0 Å². The van der Waals surface area contributed by atoms with E-state index in [0.717, 1.165) is 19.3 Å². The Kier molecular flexibility index (Phi) is 13.9. The van der Waals surface area contributed by atoms with Crippen LogP contribution in [0.1, 0.15) is 6.92 Å². The van der Waals surface area contributed by atoms with E-state index in [1.165, 1.54) is 12.7 Å². The summed E-state index contributed by atoms with van der Waals surface area (Å²) in [6, 6.07) is 0. The molecule has 14 heteroatoms. The average Bonchev–Trinajstić information content (AvgIpc) is 3.34. The molecule has 0 spiro atoms. The van der Waals surface area contributed by atoms with Crippen LogP contribution in [0.15, 0.2) is 37.1 Å². The van der Waals surface area contributed by atoms with Crippen molar-refractivity contribution in [3.05, 3.63) is 37.1 Å². The lowest BCUT2D eigenvalue weighted by Crippen LogP contribution is -2.17. The predicted octanol–water partition coefficient (Wildman–Crippen LogP) is -1.76. The standard InChI is InChI=1S/C7H11N.CH2BNO3.2CH2N4/c1-2-8-6-4-3-5-7-8;3-1-6-2(4)5;2*1-2-4-5-3-1/h3-6H,2,7H2,1H3;4-5H;2*1H,(H,2,3,4,5). The van der Waals surface area contributed by atoms with E-state index in [0.29, 0.717) is 0 Å². The van der Waals surface area contributed by atoms with Gasteiger partial charge in [-0.05, 0) is 19.2 Å². The summed E-state index contributed by atoms with van der Waals surface area (Å²) < 4.78 is 3.46. The number of hydrogen-bond donors (Lipinski definition) is 4. The second-order valence-corrected chi connectivity index (χ2v) is 3.51. The molecule has 0 unspecified atom stereocenters. The van der Waals surface area contributed by atoms with Crippen LogP contribution >= 0.6 is 0 Å². The Morgan fingerprint density at radius 2 is 1.83 bits per heavy atom. The van der Waals surface area contributed by atoms with Crippen LogP contribution in [0.2, 0.25) is 0 Å². The van der Waals surface area contributed by atoms with Gasteiger partial charge in [0.05, 0.1) is 0 Å². The highest BCUT2D eigenvalue weighted by molar-refractivity contribution is 6.33. The number of allylic oxidation sites excluding steroid dienone is 2. The summed E-state index contributed by atoms with van der Waals surface area (Å²) in [6.07, 6.45) is 12.1. The fourth-order valence-corrected chi connectivity index (χ4v) is 1.05. The smallest absolute Gasteiger partial charge is 0.442 e. The van der Waals surface area contributed by atoms with E-state index >= 15 is 0 Å². The van der Waals surface area contributed by atoms with Crippen LogP contribution in [-0.2, 0) is 4.65 Å². The van der Waals surface area contributed by atoms with Crippen molar-refractivity contribution in [2.24, 2.45) is 0 Å². The second kappa shape index (κ2) is 16.1. The molecule has 24 heavy (non-hydrogen) atoms. The number of tetrazole rings is 2. The first kappa shape index (κ1) is 20.7. The van der Waals surface area contributed by atoms with Crippen LogP contribution < -0.4 is 0 Å². The highest BCUT2D eigenvalue weighted by Gasteiger charge is 2.06.